The normalized spacial score (nSPS) is 20.8. The van der Waals surface area contributed by atoms with Crippen LogP contribution in [0.1, 0.15) is 49.9 Å². The number of nitrogen functional groups attached to an aromatic ring is 1. The van der Waals surface area contributed by atoms with Crippen LogP contribution in [0.15, 0.2) is 28.3 Å². The first-order chi connectivity index (χ1) is 9.44. The average molecular weight is 298 g/mol. The SMILES string of the molecule is CC1=CCCC(C)(C)C1/C=C/c1cc(C(=O)NN)no1.[Na+]. The second kappa shape index (κ2) is 7.40. The minimum atomic E-state index is -0.456. The summed E-state index contributed by atoms with van der Waals surface area (Å²) in [6.07, 6.45) is 8.57. The fraction of sp³-hybridized carbons (Fsp3) is 0.467. The molecule has 0 bridgehead atoms. The van der Waals surface area contributed by atoms with Crippen LogP contribution >= 0.6 is 0 Å². The Hall–Kier alpha value is -0.880. The molecule has 21 heavy (non-hydrogen) atoms. The van der Waals surface area contributed by atoms with Gasteiger partial charge in [0.05, 0.1) is 0 Å². The van der Waals surface area contributed by atoms with Crippen molar-refractivity contribution >= 4 is 12.0 Å². The summed E-state index contributed by atoms with van der Waals surface area (Å²) in [4.78, 5) is 11.3. The maximum Gasteiger partial charge on any atom is 1.00 e. The Morgan fingerprint density at radius 1 is 1.57 bits per heavy atom. The molecule has 1 amide bonds. The molecule has 1 aliphatic rings. The van der Waals surface area contributed by atoms with Crippen molar-refractivity contribution in [3.63, 3.8) is 0 Å². The van der Waals surface area contributed by atoms with Crippen molar-refractivity contribution in [3.8, 4) is 0 Å². The summed E-state index contributed by atoms with van der Waals surface area (Å²) in [6.45, 7) is 6.70. The van der Waals surface area contributed by atoms with Gasteiger partial charge >= 0.3 is 29.6 Å². The van der Waals surface area contributed by atoms with Crippen molar-refractivity contribution in [1.29, 1.82) is 0 Å². The molecule has 1 aromatic rings. The van der Waals surface area contributed by atoms with Crippen molar-refractivity contribution in [2.45, 2.75) is 33.6 Å². The predicted octanol–water partition coefficient (Wildman–Crippen LogP) is -0.322. The summed E-state index contributed by atoms with van der Waals surface area (Å²) >= 11 is 0. The third kappa shape index (κ3) is 4.30. The van der Waals surface area contributed by atoms with Crippen LogP contribution < -0.4 is 40.8 Å². The van der Waals surface area contributed by atoms with E-state index in [0.717, 1.165) is 12.8 Å². The van der Waals surface area contributed by atoms with Crippen molar-refractivity contribution in [3.05, 3.63) is 35.2 Å². The summed E-state index contributed by atoms with van der Waals surface area (Å²) in [5.41, 5.74) is 3.81. The minimum Gasteiger partial charge on any atom is -0.356 e. The zero-order valence-electron chi connectivity index (χ0n) is 13.1. The number of amides is 1. The molecule has 1 atom stereocenters. The topological polar surface area (TPSA) is 81.2 Å². The molecule has 0 fully saturated rings. The molecule has 0 saturated carbocycles. The van der Waals surface area contributed by atoms with Crippen molar-refractivity contribution in [2.24, 2.45) is 17.2 Å². The van der Waals surface area contributed by atoms with Gasteiger partial charge in [0.15, 0.2) is 11.5 Å². The van der Waals surface area contributed by atoms with Gasteiger partial charge in [0.1, 0.15) is 0 Å². The van der Waals surface area contributed by atoms with Gasteiger partial charge in [-0.3, -0.25) is 10.2 Å². The third-order valence-corrected chi connectivity index (χ3v) is 3.93. The van der Waals surface area contributed by atoms with E-state index in [9.17, 15) is 4.79 Å². The molecule has 1 unspecified atom stereocenters. The molecule has 0 saturated heterocycles. The first-order valence-corrected chi connectivity index (χ1v) is 6.76. The molecule has 3 N–H and O–H groups in total. The Morgan fingerprint density at radius 2 is 2.29 bits per heavy atom. The Bertz CT molecular complexity index is 561. The van der Waals surface area contributed by atoms with Crippen LogP contribution in [-0.4, -0.2) is 11.1 Å². The number of carbonyl (C=O) groups excluding carboxylic acids is 1. The monoisotopic (exact) mass is 298 g/mol. The van der Waals surface area contributed by atoms with Gasteiger partial charge in [-0.2, -0.15) is 0 Å². The average Bonchev–Trinajstić information content (AvgIpc) is 2.85. The first-order valence-electron chi connectivity index (χ1n) is 6.76. The molecule has 0 aromatic carbocycles. The molecule has 5 nitrogen and oxygen atoms in total. The fourth-order valence-electron chi connectivity index (χ4n) is 2.72. The number of hydrogen-bond donors (Lipinski definition) is 2. The van der Waals surface area contributed by atoms with Crippen LogP contribution in [-0.2, 0) is 0 Å². The zero-order valence-corrected chi connectivity index (χ0v) is 15.1. The number of nitrogens with one attached hydrogen (secondary N) is 1. The van der Waals surface area contributed by atoms with Crippen molar-refractivity contribution in [2.75, 3.05) is 0 Å². The summed E-state index contributed by atoms with van der Waals surface area (Å²) in [5.74, 6) is 5.52. The van der Waals surface area contributed by atoms with E-state index < -0.39 is 5.91 Å². The number of aromatic nitrogens is 1. The molecule has 1 heterocycles. The number of allylic oxidation sites excluding steroid dienone is 3. The molecule has 108 valence electrons. The number of nitrogens with zero attached hydrogens (tertiary/aromatic N) is 1. The quantitative estimate of drug-likeness (QED) is 0.263. The van der Waals surface area contributed by atoms with Gasteiger partial charge in [-0.1, -0.05) is 36.7 Å². The van der Waals surface area contributed by atoms with E-state index in [-0.39, 0.29) is 40.7 Å². The van der Waals surface area contributed by atoms with Gasteiger partial charge in [-0.15, -0.1) is 0 Å². The van der Waals surface area contributed by atoms with E-state index >= 15 is 0 Å². The third-order valence-electron chi connectivity index (χ3n) is 3.93. The van der Waals surface area contributed by atoms with E-state index in [4.69, 9.17) is 10.4 Å². The summed E-state index contributed by atoms with van der Waals surface area (Å²) < 4.78 is 5.11. The van der Waals surface area contributed by atoms with Gasteiger partial charge in [-0.25, -0.2) is 5.84 Å². The first kappa shape index (κ1) is 18.2. The molecule has 1 aromatic heterocycles. The Kier molecular flexibility index (Phi) is 6.41. The van der Waals surface area contributed by atoms with Gasteiger partial charge in [-0.05, 0) is 31.3 Å². The number of carbonyl (C=O) groups is 1. The van der Waals surface area contributed by atoms with Crippen LogP contribution in [0.3, 0.4) is 0 Å². The van der Waals surface area contributed by atoms with Crippen LogP contribution in [0.25, 0.3) is 6.08 Å². The maximum atomic E-state index is 11.3. The van der Waals surface area contributed by atoms with Gasteiger partial charge in [0, 0.05) is 12.0 Å². The molecule has 2 rings (SSSR count). The van der Waals surface area contributed by atoms with Crippen molar-refractivity contribution < 1.29 is 38.9 Å². The minimum absolute atomic E-state index is 0. The molecule has 0 spiro atoms. The van der Waals surface area contributed by atoms with Crippen LogP contribution in [0.2, 0.25) is 0 Å². The number of hydrazine groups is 1. The molecule has 1 aliphatic carbocycles. The van der Waals surface area contributed by atoms with E-state index in [1.54, 1.807) is 6.07 Å². The van der Waals surface area contributed by atoms with Gasteiger partial charge in [0.25, 0.3) is 5.91 Å². The summed E-state index contributed by atoms with van der Waals surface area (Å²) in [5, 5.41) is 3.67. The van der Waals surface area contributed by atoms with E-state index in [1.807, 2.05) is 11.5 Å². The number of rotatable bonds is 3. The number of hydrogen-bond acceptors (Lipinski definition) is 4. The predicted molar refractivity (Wildman–Crippen MR) is 77.5 cm³/mol. The molecular weight excluding hydrogens is 277 g/mol. The Labute approximate surface area is 147 Å². The molecular formula is C15H21N3NaO2+. The molecule has 0 aliphatic heterocycles. The van der Waals surface area contributed by atoms with E-state index in [0.29, 0.717) is 11.7 Å². The second-order valence-corrected chi connectivity index (χ2v) is 5.90. The fourth-order valence-corrected chi connectivity index (χ4v) is 2.72. The Morgan fingerprint density at radius 3 is 2.90 bits per heavy atom. The number of nitrogens with two attached hydrogens (primary N) is 1. The second-order valence-electron chi connectivity index (χ2n) is 5.90. The van der Waals surface area contributed by atoms with E-state index in [2.05, 4.69) is 38.1 Å². The van der Waals surface area contributed by atoms with E-state index in [1.165, 1.54) is 5.57 Å². The van der Waals surface area contributed by atoms with Crippen LogP contribution in [0.5, 0.6) is 0 Å². The van der Waals surface area contributed by atoms with Crippen molar-refractivity contribution in [1.82, 2.24) is 10.6 Å². The maximum absolute atomic E-state index is 11.3. The van der Waals surface area contributed by atoms with Crippen LogP contribution in [0.4, 0.5) is 0 Å². The molecule has 0 radical (unpaired) electrons. The summed E-state index contributed by atoms with van der Waals surface area (Å²) in [7, 11) is 0. The summed E-state index contributed by atoms with van der Waals surface area (Å²) in [6, 6.07) is 1.58. The van der Waals surface area contributed by atoms with Gasteiger partial charge in [0.2, 0.25) is 0 Å². The smallest absolute Gasteiger partial charge is 0.356 e. The largest absolute Gasteiger partial charge is 1.00 e. The van der Waals surface area contributed by atoms with Crippen LogP contribution in [0, 0.1) is 11.3 Å². The Balaban J connectivity index is 0.00000220. The zero-order chi connectivity index (χ0) is 14.8. The van der Waals surface area contributed by atoms with Gasteiger partial charge < -0.3 is 4.52 Å². The standard InChI is InChI=1S/C15H21N3O2.Na/c1-10-5-4-8-15(2,3)12(10)7-6-11-9-13(18-20-11)14(19)17-16;/h5-7,9,12H,4,8,16H2,1-3H3,(H,17,19);/q;+1/b7-6+;. The molecule has 6 heteroatoms.